The second-order valence-electron chi connectivity index (χ2n) is 6.97. The topological polar surface area (TPSA) is 0 Å². The number of rotatable bonds is 10. The van der Waals surface area contributed by atoms with E-state index in [9.17, 15) is 0 Å². The van der Waals surface area contributed by atoms with Gasteiger partial charge in [0, 0.05) is 0 Å². The summed E-state index contributed by atoms with van der Waals surface area (Å²) in [5.41, 5.74) is 2.96. The van der Waals surface area contributed by atoms with E-state index in [0.717, 1.165) is 0 Å². The van der Waals surface area contributed by atoms with Gasteiger partial charge in [0.1, 0.15) is 0 Å². The molecule has 120 valence electrons. The van der Waals surface area contributed by atoms with Crippen LogP contribution in [0.15, 0.2) is 18.2 Å². The van der Waals surface area contributed by atoms with E-state index in [-0.39, 0.29) is 0 Å². The molecule has 0 amide bonds. The van der Waals surface area contributed by atoms with E-state index in [0.29, 0.717) is 0 Å². The van der Waals surface area contributed by atoms with Crippen LogP contribution in [0, 0.1) is 13.8 Å². The summed E-state index contributed by atoms with van der Waals surface area (Å²) >= 11 is -2.18. The van der Waals surface area contributed by atoms with Crippen molar-refractivity contribution in [3.63, 3.8) is 0 Å². The Labute approximate surface area is 137 Å². The molecule has 0 saturated carbocycles. The molecule has 0 nitrogen and oxygen atoms in total. The molecular weight excluding hydrogens is 359 g/mol. The summed E-state index contributed by atoms with van der Waals surface area (Å²) in [5, 5.41) is 0. The van der Waals surface area contributed by atoms with Crippen molar-refractivity contribution in [2.24, 2.45) is 0 Å². The molecular formula is C20H36Sn. The Morgan fingerprint density at radius 2 is 1.05 bits per heavy atom. The van der Waals surface area contributed by atoms with Crippen LogP contribution in [0.25, 0.3) is 0 Å². The van der Waals surface area contributed by atoms with Crippen molar-refractivity contribution >= 4 is 22.0 Å². The molecule has 0 radical (unpaired) electrons. The number of aryl methyl sites for hydroxylation is 2. The van der Waals surface area contributed by atoms with E-state index in [1.165, 1.54) is 49.7 Å². The summed E-state index contributed by atoms with van der Waals surface area (Å²) in [4.78, 5) is 0. The number of hydrogen-bond acceptors (Lipinski definition) is 0. The Kier molecular flexibility index (Phi) is 9.01. The van der Waals surface area contributed by atoms with Crippen LogP contribution in [0.4, 0.5) is 0 Å². The Morgan fingerprint density at radius 3 is 1.38 bits per heavy atom. The molecule has 0 heterocycles. The molecule has 0 atom stereocenters. The first-order valence-electron chi connectivity index (χ1n) is 9.16. The van der Waals surface area contributed by atoms with Crippen molar-refractivity contribution in [2.75, 3.05) is 0 Å². The first-order valence-corrected chi connectivity index (χ1v) is 16.6. The molecule has 21 heavy (non-hydrogen) atoms. The molecule has 0 saturated heterocycles. The molecule has 0 bridgehead atoms. The van der Waals surface area contributed by atoms with Gasteiger partial charge < -0.3 is 0 Å². The van der Waals surface area contributed by atoms with Gasteiger partial charge in [-0.1, -0.05) is 0 Å². The van der Waals surface area contributed by atoms with Crippen LogP contribution < -0.4 is 3.58 Å². The van der Waals surface area contributed by atoms with E-state index in [2.05, 4.69) is 52.8 Å². The SMILES string of the molecule is CCC[CH2][Sn]([CH2]CCC)([CH2]CCC)[c]1cc(C)cc(C)c1. The zero-order valence-corrected chi connectivity index (χ0v) is 18.0. The summed E-state index contributed by atoms with van der Waals surface area (Å²) in [6, 6.07) is 7.47. The van der Waals surface area contributed by atoms with Gasteiger partial charge in [0.05, 0.1) is 0 Å². The number of hydrogen-bond donors (Lipinski definition) is 0. The van der Waals surface area contributed by atoms with Crippen LogP contribution in [0.3, 0.4) is 0 Å². The summed E-state index contributed by atoms with van der Waals surface area (Å²) in [6.07, 6.45) is 8.45. The normalized spacial score (nSPS) is 11.9. The van der Waals surface area contributed by atoms with Crippen molar-refractivity contribution in [3.05, 3.63) is 29.3 Å². The molecule has 0 aliphatic heterocycles. The van der Waals surface area contributed by atoms with Crippen LogP contribution in [0.2, 0.25) is 13.3 Å². The Bertz CT molecular complexity index is 366. The van der Waals surface area contributed by atoms with Gasteiger partial charge in [-0.25, -0.2) is 0 Å². The minimum absolute atomic E-state index is 1.36. The second kappa shape index (κ2) is 9.92. The predicted octanol–water partition coefficient (Wildman–Crippen LogP) is 6.36. The fraction of sp³-hybridized carbons (Fsp3) is 0.700. The molecule has 0 spiro atoms. The van der Waals surface area contributed by atoms with Crippen LogP contribution >= 0.6 is 0 Å². The zero-order chi connectivity index (χ0) is 15.7. The summed E-state index contributed by atoms with van der Waals surface area (Å²) in [7, 11) is 0. The molecule has 1 heteroatoms. The average Bonchev–Trinajstić information content (AvgIpc) is 2.46. The second-order valence-corrected chi connectivity index (χ2v) is 20.2. The number of unbranched alkanes of at least 4 members (excludes halogenated alkanes) is 3. The van der Waals surface area contributed by atoms with E-state index in [4.69, 9.17) is 0 Å². The molecule has 0 unspecified atom stereocenters. The summed E-state index contributed by atoms with van der Waals surface area (Å²) in [6.45, 7) is 11.6. The van der Waals surface area contributed by atoms with Crippen LogP contribution in [0.5, 0.6) is 0 Å². The standard InChI is InChI=1S/C8H9.3C4H9.Sn/c1-7-4-3-5-8(2)6-7;3*1-3-4-2;/h4-6H,1-2H3;3*1,3-4H2,2H3;. The third-order valence-electron chi connectivity index (χ3n) is 4.86. The van der Waals surface area contributed by atoms with E-state index in [1.807, 2.05) is 3.58 Å². The van der Waals surface area contributed by atoms with Gasteiger partial charge in [-0.15, -0.1) is 0 Å². The van der Waals surface area contributed by atoms with E-state index < -0.39 is 18.4 Å². The van der Waals surface area contributed by atoms with Gasteiger partial charge in [0.25, 0.3) is 0 Å². The molecule has 0 N–H and O–H groups in total. The average molecular weight is 395 g/mol. The fourth-order valence-electron chi connectivity index (χ4n) is 3.63. The molecule has 0 fully saturated rings. The minimum atomic E-state index is -2.18. The third kappa shape index (κ3) is 5.96. The van der Waals surface area contributed by atoms with Crippen molar-refractivity contribution in [1.82, 2.24) is 0 Å². The van der Waals surface area contributed by atoms with Gasteiger partial charge >= 0.3 is 138 Å². The zero-order valence-electron chi connectivity index (χ0n) is 15.1. The van der Waals surface area contributed by atoms with Gasteiger partial charge in [-0.05, 0) is 0 Å². The summed E-state index contributed by atoms with van der Waals surface area (Å²) in [5.74, 6) is 0. The summed E-state index contributed by atoms with van der Waals surface area (Å²) < 4.78 is 6.56. The van der Waals surface area contributed by atoms with Crippen molar-refractivity contribution in [2.45, 2.75) is 86.5 Å². The van der Waals surface area contributed by atoms with Gasteiger partial charge in [-0.3, -0.25) is 0 Å². The molecule has 1 aromatic rings. The van der Waals surface area contributed by atoms with Crippen molar-refractivity contribution in [1.29, 1.82) is 0 Å². The number of benzene rings is 1. The third-order valence-corrected chi connectivity index (χ3v) is 20.4. The monoisotopic (exact) mass is 396 g/mol. The predicted molar refractivity (Wildman–Crippen MR) is 100 cm³/mol. The molecule has 0 aliphatic rings. The van der Waals surface area contributed by atoms with E-state index in [1.54, 1.807) is 13.3 Å². The Balaban J connectivity index is 3.15. The molecule has 0 aromatic heterocycles. The van der Waals surface area contributed by atoms with Crippen LogP contribution in [0.1, 0.15) is 70.4 Å². The molecule has 1 aromatic carbocycles. The Hall–Kier alpha value is 0.0187. The molecule has 1 rings (SSSR count). The fourth-order valence-corrected chi connectivity index (χ4v) is 20.1. The van der Waals surface area contributed by atoms with Gasteiger partial charge in [0.2, 0.25) is 0 Å². The Morgan fingerprint density at radius 1 is 0.667 bits per heavy atom. The van der Waals surface area contributed by atoms with Gasteiger partial charge in [0.15, 0.2) is 0 Å². The van der Waals surface area contributed by atoms with Crippen molar-refractivity contribution < 1.29 is 0 Å². The van der Waals surface area contributed by atoms with Crippen molar-refractivity contribution in [3.8, 4) is 0 Å². The first kappa shape index (κ1) is 19.1. The maximum atomic E-state index is 2.56. The quantitative estimate of drug-likeness (QED) is 0.405. The molecule has 0 aliphatic carbocycles. The first-order chi connectivity index (χ1) is 10.1. The van der Waals surface area contributed by atoms with Crippen LogP contribution in [-0.4, -0.2) is 18.4 Å². The van der Waals surface area contributed by atoms with E-state index >= 15 is 0 Å². The van der Waals surface area contributed by atoms with Crippen LogP contribution in [-0.2, 0) is 0 Å². The maximum absolute atomic E-state index is 2.56. The van der Waals surface area contributed by atoms with Gasteiger partial charge in [-0.2, -0.15) is 0 Å².